The number of aromatic amines is 1. The average molecular weight is 309 g/mol. The second-order valence-corrected chi connectivity index (χ2v) is 6.08. The maximum absolute atomic E-state index is 4.48. The van der Waals surface area contributed by atoms with Crippen LogP contribution in [0.1, 0.15) is 19.4 Å². The van der Waals surface area contributed by atoms with Crippen LogP contribution in [0.4, 0.5) is 11.8 Å². The maximum Gasteiger partial charge on any atom is 0.224 e. The average Bonchev–Trinajstić information content (AvgIpc) is 2.97. The van der Waals surface area contributed by atoms with Gasteiger partial charge in [-0.15, -0.1) is 0 Å². The van der Waals surface area contributed by atoms with Crippen LogP contribution in [0.25, 0.3) is 10.9 Å². The van der Waals surface area contributed by atoms with Crippen molar-refractivity contribution in [1.29, 1.82) is 0 Å². The third-order valence-electron chi connectivity index (χ3n) is 3.70. The molecule has 1 aromatic carbocycles. The third-order valence-corrected chi connectivity index (χ3v) is 3.70. The van der Waals surface area contributed by atoms with Crippen LogP contribution in [0.2, 0.25) is 0 Å². The molecule has 2 aromatic heterocycles. The minimum Gasteiger partial charge on any atom is -0.370 e. The molecular weight excluding hydrogens is 286 g/mol. The van der Waals surface area contributed by atoms with E-state index in [1.54, 1.807) is 6.20 Å². The molecule has 2 heterocycles. The van der Waals surface area contributed by atoms with Crippen LogP contribution >= 0.6 is 0 Å². The van der Waals surface area contributed by atoms with Crippen LogP contribution in [0.3, 0.4) is 0 Å². The Labute approximate surface area is 136 Å². The van der Waals surface area contributed by atoms with Crippen molar-refractivity contribution in [1.82, 2.24) is 15.0 Å². The number of aromatic nitrogens is 3. The number of fused-ring (bicyclic) bond motifs is 1. The van der Waals surface area contributed by atoms with Gasteiger partial charge >= 0.3 is 0 Å². The zero-order chi connectivity index (χ0) is 16.1. The lowest BCUT2D eigenvalue weighted by molar-refractivity contribution is 0.687. The van der Waals surface area contributed by atoms with Gasteiger partial charge in [-0.3, -0.25) is 0 Å². The second-order valence-electron chi connectivity index (χ2n) is 6.08. The maximum atomic E-state index is 4.48. The number of para-hydroxylation sites is 1. The van der Waals surface area contributed by atoms with Gasteiger partial charge in [0.1, 0.15) is 5.82 Å². The number of benzene rings is 1. The van der Waals surface area contributed by atoms with Crippen molar-refractivity contribution in [2.24, 2.45) is 5.92 Å². The predicted octanol–water partition coefficient (Wildman–Crippen LogP) is 3.68. The van der Waals surface area contributed by atoms with Gasteiger partial charge in [-0.1, -0.05) is 32.0 Å². The minimum atomic E-state index is 0.586. The van der Waals surface area contributed by atoms with Gasteiger partial charge in [-0.25, -0.2) is 4.98 Å². The van der Waals surface area contributed by atoms with Gasteiger partial charge in [0.25, 0.3) is 0 Å². The summed E-state index contributed by atoms with van der Waals surface area (Å²) in [6.07, 6.45) is 4.79. The summed E-state index contributed by atoms with van der Waals surface area (Å²) in [6.45, 7) is 6.06. The number of hydrogen-bond donors (Lipinski definition) is 3. The molecule has 0 aliphatic rings. The molecule has 3 N–H and O–H groups in total. The molecule has 0 saturated heterocycles. The normalized spacial score (nSPS) is 11.1. The number of anilines is 2. The van der Waals surface area contributed by atoms with Crippen molar-refractivity contribution >= 4 is 22.7 Å². The van der Waals surface area contributed by atoms with Crippen molar-refractivity contribution in [3.8, 4) is 0 Å². The summed E-state index contributed by atoms with van der Waals surface area (Å²) in [4.78, 5) is 12.1. The molecule has 0 radical (unpaired) electrons. The fourth-order valence-corrected chi connectivity index (χ4v) is 2.50. The summed E-state index contributed by atoms with van der Waals surface area (Å²) >= 11 is 0. The van der Waals surface area contributed by atoms with E-state index >= 15 is 0 Å². The molecule has 0 spiro atoms. The molecule has 3 aromatic rings. The topological polar surface area (TPSA) is 65.6 Å². The predicted molar refractivity (Wildman–Crippen MR) is 95.9 cm³/mol. The van der Waals surface area contributed by atoms with E-state index in [1.807, 2.05) is 12.1 Å². The first-order valence-electron chi connectivity index (χ1n) is 8.08. The van der Waals surface area contributed by atoms with Gasteiger partial charge in [-0.2, -0.15) is 4.98 Å². The molecule has 120 valence electrons. The summed E-state index contributed by atoms with van der Waals surface area (Å²) in [5.41, 5.74) is 2.49. The summed E-state index contributed by atoms with van der Waals surface area (Å²) in [6, 6.07) is 10.3. The first-order valence-corrected chi connectivity index (χ1v) is 8.08. The molecule has 0 atom stereocenters. The first-order chi connectivity index (χ1) is 11.2. The lowest BCUT2D eigenvalue weighted by Crippen LogP contribution is -2.12. The minimum absolute atomic E-state index is 0.586. The second kappa shape index (κ2) is 7.13. The Morgan fingerprint density at radius 3 is 2.87 bits per heavy atom. The Morgan fingerprint density at radius 1 is 1.13 bits per heavy atom. The van der Waals surface area contributed by atoms with E-state index in [4.69, 9.17) is 0 Å². The molecule has 0 aliphatic carbocycles. The summed E-state index contributed by atoms with van der Waals surface area (Å²) in [5.74, 6) is 2.12. The van der Waals surface area contributed by atoms with Gasteiger partial charge in [0.15, 0.2) is 0 Å². The summed E-state index contributed by atoms with van der Waals surface area (Å²) in [7, 11) is 0. The van der Waals surface area contributed by atoms with Crippen LogP contribution in [0.15, 0.2) is 42.7 Å². The highest BCUT2D eigenvalue weighted by Gasteiger charge is 2.04. The number of nitrogens with one attached hydrogen (secondary N) is 3. The summed E-state index contributed by atoms with van der Waals surface area (Å²) in [5, 5.41) is 7.90. The van der Waals surface area contributed by atoms with Gasteiger partial charge in [0.2, 0.25) is 5.95 Å². The van der Waals surface area contributed by atoms with Crippen LogP contribution in [0, 0.1) is 5.92 Å². The van der Waals surface area contributed by atoms with Crippen LogP contribution in [-0.2, 0) is 6.42 Å². The molecule has 0 amide bonds. The van der Waals surface area contributed by atoms with Crippen molar-refractivity contribution in [3.05, 3.63) is 48.3 Å². The largest absolute Gasteiger partial charge is 0.370 e. The molecule has 0 saturated carbocycles. The van der Waals surface area contributed by atoms with E-state index in [-0.39, 0.29) is 0 Å². The zero-order valence-electron chi connectivity index (χ0n) is 13.6. The Bertz CT molecular complexity index is 763. The molecule has 0 unspecified atom stereocenters. The van der Waals surface area contributed by atoms with E-state index in [1.165, 1.54) is 16.5 Å². The van der Waals surface area contributed by atoms with Crippen molar-refractivity contribution in [3.63, 3.8) is 0 Å². The van der Waals surface area contributed by atoms with Crippen molar-refractivity contribution < 1.29 is 0 Å². The highest BCUT2D eigenvalue weighted by atomic mass is 15.1. The lowest BCUT2D eigenvalue weighted by Gasteiger charge is -2.09. The number of hydrogen-bond acceptors (Lipinski definition) is 4. The third kappa shape index (κ3) is 4.00. The fourth-order valence-electron chi connectivity index (χ4n) is 2.50. The standard InChI is InChI=1S/C18H23N5/c1-13(2)11-22-17-8-10-20-18(23-17)19-9-7-14-12-21-16-6-4-3-5-15(14)16/h3-6,8,10,12-13,21H,7,9,11H2,1-2H3,(H2,19,20,22,23). The number of rotatable bonds is 7. The highest BCUT2D eigenvalue weighted by molar-refractivity contribution is 5.83. The SMILES string of the molecule is CC(C)CNc1ccnc(NCCc2c[nH]c3ccccc23)n1. The van der Waals surface area contributed by atoms with E-state index in [9.17, 15) is 0 Å². The van der Waals surface area contributed by atoms with Crippen molar-refractivity contribution in [2.45, 2.75) is 20.3 Å². The number of nitrogens with zero attached hydrogens (tertiary/aromatic N) is 2. The van der Waals surface area contributed by atoms with Gasteiger partial charge in [0.05, 0.1) is 0 Å². The fraction of sp³-hybridized carbons (Fsp3) is 0.333. The quantitative estimate of drug-likeness (QED) is 0.623. The van der Waals surface area contributed by atoms with E-state index in [2.05, 4.69) is 63.8 Å². The van der Waals surface area contributed by atoms with Crippen molar-refractivity contribution in [2.75, 3.05) is 23.7 Å². The highest BCUT2D eigenvalue weighted by Crippen LogP contribution is 2.18. The molecule has 5 heteroatoms. The van der Waals surface area contributed by atoms with Gasteiger partial charge < -0.3 is 15.6 Å². The molecule has 3 rings (SSSR count). The van der Waals surface area contributed by atoms with Gasteiger partial charge in [-0.05, 0) is 30.0 Å². The lowest BCUT2D eigenvalue weighted by atomic mass is 10.1. The molecule has 23 heavy (non-hydrogen) atoms. The van der Waals surface area contributed by atoms with Crippen LogP contribution in [0.5, 0.6) is 0 Å². The zero-order valence-corrected chi connectivity index (χ0v) is 13.6. The molecule has 0 bridgehead atoms. The molecule has 0 aliphatic heterocycles. The van der Waals surface area contributed by atoms with E-state index < -0.39 is 0 Å². The Kier molecular flexibility index (Phi) is 4.76. The first kappa shape index (κ1) is 15.3. The smallest absolute Gasteiger partial charge is 0.224 e. The van der Waals surface area contributed by atoms with E-state index in [0.29, 0.717) is 11.9 Å². The molecule has 0 fully saturated rings. The Morgan fingerprint density at radius 2 is 2.00 bits per heavy atom. The molecular formula is C18H23N5. The Balaban J connectivity index is 1.57. The monoisotopic (exact) mass is 309 g/mol. The van der Waals surface area contributed by atoms with Crippen LogP contribution < -0.4 is 10.6 Å². The number of H-pyrrole nitrogens is 1. The summed E-state index contributed by atoms with van der Waals surface area (Å²) < 4.78 is 0. The van der Waals surface area contributed by atoms with Crippen LogP contribution in [-0.4, -0.2) is 28.0 Å². The van der Waals surface area contributed by atoms with E-state index in [0.717, 1.165) is 25.3 Å². The Hall–Kier alpha value is -2.56. The van der Waals surface area contributed by atoms with Gasteiger partial charge in [0, 0.05) is 36.4 Å². The molecule has 5 nitrogen and oxygen atoms in total.